The summed E-state index contributed by atoms with van der Waals surface area (Å²) in [6.45, 7) is 1.78. The zero-order valence-electron chi connectivity index (χ0n) is 8.23. The van der Waals surface area contributed by atoms with Crippen molar-refractivity contribution >= 4 is 11.8 Å². The van der Waals surface area contributed by atoms with Gasteiger partial charge in [0.15, 0.2) is 0 Å². The molecule has 2 heterocycles. The number of hydrogen-bond acceptors (Lipinski definition) is 4. The van der Waals surface area contributed by atoms with Gasteiger partial charge in [0.2, 0.25) is 5.76 Å². The van der Waals surface area contributed by atoms with Crippen LogP contribution in [-0.2, 0) is 0 Å². The summed E-state index contributed by atoms with van der Waals surface area (Å²) in [4.78, 5) is 15.6. The highest BCUT2D eigenvalue weighted by atomic mass is 16.4. The lowest BCUT2D eigenvalue weighted by Crippen LogP contribution is -2.25. The molecule has 1 N–H and O–H groups in total. The Morgan fingerprint density at radius 3 is 3.13 bits per heavy atom. The summed E-state index contributed by atoms with van der Waals surface area (Å²) in [5, 5.41) is 6.81. The third kappa shape index (κ3) is 1.29. The Bertz CT molecular complexity index is 523. The SMILES string of the molecule is Cc1c(C(=O)NC2CC2)oc2ncnn12. The van der Waals surface area contributed by atoms with Crippen LogP contribution in [0.5, 0.6) is 0 Å². The summed E-state index contributed by atoms with van der Waals surface area (Å²) in [6.07, 6.45) is 3.51. The largest absolute Gasteiger partial charge is 0.416 e. The Morgan fingerprint density at radius 2 is 2.47 bits per heavy atom. The molecular formula is C9H10N4O2. The molecule has 0 saturated heterocycles. The van der Waals surface area contributed by atoms with E-state index in [2.05, 4.69) is 15.4 Å². The van der Waals surface area contributed by atoms with Crippen LogP contribution in [0.2, 0.25) is 0 Å². The predicted octanol–water partition coefficient (Wildman–Crippen LogP) is 0.523. The lowest BCUT2D eigenvalue weighted by molar-refractivity contribution is 0.0924. The van der Waals surface area contributed by atoms with E-state index < -0.39 is 0 Å². The normalized spacial score (nSPS) is 15.8. The maximum Gasteiger partial charge on any atom is 0.325 e. The van der Waals surface area contributed by atoms with Gasteiger partial charge in [0, 0.05) is 6.04 Å². The van der Waals surface area contributed by atoms with E-state index in [0.29, 0.717) is 23.3 Å². The lowest BCUT2D eigenvalue weighted by Gasteiger charge is -1.99. The summed E-state index contributed by atoms with van der Waals surface area (Å²) in [5.41, 5.74) is 0.681. The second-order valence-corrected chi connectivity index (χ2v) is 3.72. The Hall–Kier alpha value is -1.85. The van der Waals surface area contributed by atoms with Crippen LogP contribution in [0, 0.1) is 6.92 Å². The standard InChI is InChI=1S/C9H10N4O2/c1-5-7(8(14)12-6-2-3-6)15-9-10-4-11-13(5)9/h4,6H,2-3H2,1H3,(H,12,14). The van der Waals surface area contributed by atoms with Crippen molar-refractivity contribution in [2.75, 3.05) is 0 Å². The quantitative estimate of drug-likeness (QED) is 0.777. The van der Waals surface area contributed by atoms with Crippen molar-refractivity contribution in [1.29, 1.82) is 0 Å². The van der Waals surface area contributed by atoms with Gasteiger partial charge in [-0.15, -0.1) is 0 Å². The fourth-order valence-corrected chi connectivity index (χ4v) is 1.48. The first-order valence-electron chi connectivity index (χ1n) is 4.85. The van der Waals surface area contributed by atoms with E-state index in [1.54, 1.807) is 6.92 Å². The molecule has 15 heavy (non-hydrogen) atoms. The van der Waals surface area contributed by atoms with Crippen molar-refractivity contribution < 1.29 is 9.21 Å². The molecule has 78 valence electrons. The maximum absolute atomic E-state index is 11.7. The monoisotopic (exact) mass is 206 g/mol. The first-order valence-corrected chi connectivity index (χ1v) is 4.85. The fraction of sp³-hybridized carbons (Fsp3) is 0.444. The van der Waals surface area contributed by atoms with Gasteiger partial charge in [-0.25, -0.2) is 0 Å². The van der Waals surface area contributed by atoms with Gasteiger partial charge >= 0.3 is 5.84 Å². The highest BCUT2D eigenvalue weighted by molar-refractivity contribution is 5.93. The predicted molar refractivity (Wildman–Crippen MR) is 50.5 cm³/mol. The van der Waals surface area contributed by atoms with Crippen molar-refractivity contribution in [1.82, 2.24) is 19.9 Å². The maximum atomic E-state index is 11.7. The van der Waals surface area contributed by atoms with Crippen LogP contribution in [0.1, 0.15) is 29.1 Å². The van der Waals surface area contributed by atoms with E-state index in [1.165, 1.54) is 10.8 Å². The summed E-state index contributed by atoms with van der Waals surface area (Å²) in [6, 6.07) is 0.322. The molecule has 2 aromatic rings. The number of amides is 1. The van der Waals surface area contributed by atoms with Gasteiger partial charge < -0.3 is 9.73 Å². The Labute approximate surface area is 85.3 Å². The summed E-state index contributed by atoms with van der Waals surface area (Å²) < 4.78 is 6.82. The Morgan fingerprint density at radius 1 is 1.67 bits per heavy atom. The average molecular weight is 206 g/mol. The zero-order valence-corrected chi connectivity index (χ0v) is 8.23. The van der Waals surface area contributed by atoms with Crippen LogP contribution in [0.4, 0.5) is 0 Å². The number of carbonyl (C=O) groups is 1. The lowest BCUT2D eigenvalue weighted by atomic mass is 10.3. The number of fused-ring (bicyclic) bond motifs is 1. The number of aromatic nitrogens is 3. The van der Waals surface area contributed by atoms with Crippen molar-refractivity contribution in [3.63, 3.8) is 0 Å². The van der Waals surface area contributed by atoms with E-state index in [-0.39, 0.29) is 5.91 Å². The number of hydrogen-bond donors (Lipinski definition) is 1. The number of nitrogens with zero attached hydrogens (tertiary/aromatic N) is 3. The summed E-state index contributed by atoms with van der Waals surface area (Å²) in [5.74, 6) is 0.480. The third-order valence-corrected chi connectivity index (χ3v) is 2.47. The minimum Gasteiger partial charge on any atom is -0.416 e. The highest BCUT2D eigenvalue weighted by Crippen LogP contribution is 2.20. The van der Waals surface area contributed by atoms with Crippen LogP contribution in [-0.4, -0.2) is 26.5 Å². The number of oxazole rings is 1. The second-order valence-electron chi connectivity index (χ2n) is 3.72. The molecule has 1 amide bonds. The van der Waals surface area contributed by atoms with Crippen LogP contribution in [0.15, 0.2) is 10.7 Å². The zero-order chi connectivity index (χ0) is 10.4. The smallest absolute Gasteiger partial charge is 0.325 e. The van der Waals surface area contributed by atoms with Crippen molar-refractivity contribution in [2.45, 2.75) is 25.8 Å². The van der Waals surface area contributed by atoms with Crippen LogP contribution in [0.25, 0.3) is 5.84 Å². The average Bonchev–Trinajstić information content (AvgIpc) is 2.80. The van der Waals surface area contributed by atoms with Crippen molar-refractivity contribution in [2.24, 2.45) is 0 Å². The molecule has 0 spiro atoms. The molecule has 3 rings (SSSR count). The van der Waals surface area contributed by atoms with Gasteiger partial charge in [-0.05, 0) is 19.8 Å². The van der Waals surface area contributed by atoms with E-state index in [0.717, 1.165) is 12.8 Å². The van der Waals surface area contributed by atoms with Crippen molar-refractivity contribution in [3.8, 4) is 0 Å². The number of nitrogens with one attached hydrogen (secondary N) is 1. The Kier molecular flexibility index (Phi) is 1.59. The summed E-state index contributed by atoms with van der Waals surface area (Å²) >= 11 is 0. The minimum atomic E-state index is -0.178. The van der Waals surface area contributed by atoms with E-state index >= 15 is 0 Å². The van der Waals surface area contributed by atoms with Gasteiger partial charge in [-0.2, -0.15) is 14.6 Å². The second kappa shape index (κ2) is 2.82. The molecular weight excluding hydrogens is 196 g/mol. The van der Waals surface area contributed by atoms with E-state index in [4.69, 9.17) is 4.42 Å². The summed E-state index contributed by atoms with van der Waals surface area (Å²) in [7, 11) is 0. The van der Waals surface area contributed by atoms with Crippen molar-refractivity contribution in [3.05, 3.63) is 17.8 Å². The molecule has 1 aliphatic carbocycles. The van der Waals surface area contributed by atoms with Gasteiger partial charge in [0.1, 0.15) is 6.33 Å². The van der Waals surface area contributed by atoms with Gasteiger partial charge in [-0.1, -0.05) is 0 Å². The van der Waals surface area contributed by atoms with Gasteiger partial charge in [-0.3, -0.25) is 4.79 Å². The molecule has 0 aliphatic heterocycles. The van der Waals surface area contributed by atoms with Crippen LogP contribution >= 0.6 is 0 Å². The number of rotatable bonds is 2. The first kappa shape index (κ1) is 8.46. The molecule has 0 aromatic carbocycles. The highest BCUT2D eigenvalue weighted by Gasteiger charge is 2.27. The number of aryl methyl sites for hydroxylation is 1. The third-order valence-electron chi connectivity index (χ3n) is 2.47. The minimum absolute atomic E-state index is 0.178. The molecule has 0 atom stereocenters. The van der Waals surface area contributed by atoms with Crippen LogP contribution in [0.3, 0.4) is 0 Å². The van der Waals surface area contributed by atoms with Gasteiger partial charge in [0.05, 0.1) is 5.69 Å². The van der Waals surface area contributed by atoms with Gasteiger partial charge in [0.25, 0.3) is 5.91 Å². The molecule has 0 radical (unpaired) electrons. The molecule has 0 unspecified atom stereocenters. The molecule has 1 aliphatic rings. The topological polar surface area (TPSA) is 72.4 Å². The molecule has 6 nitrogen and oxygen atoms in total. The molecule has 6 heteroatoms. The molecule has 2 aromatic heterocycles. The van der Waals surface area contributed by atoms with E-state index in [9.17, 15) is 4.79 Å². The Balaban J connectivity index is 1.98. The number of carbonyl (C=O) groups excluding carboxylic acids is 1. The first-order chi connectivity index (χ1) is 7.25. The van der Waals surface area contributed by atoms with E-state index in [1.807, 2.05) is 0 Å². The molecule has 1 saturated carbocycles. The fourth-order valence-electron chi connectivity index (χ4n) is 1.48. The molecule has 1 fully saturated rings. The molecule has 0 bridgehead atoms. The van der Waals surface area contributed by atoms with Crippen LogP contribution < -0.4 is 5.32 Å².